The first-order valence-corrected chi connectivity index (χ1v) is 11.2. The Hall–Kier alpha value is -2.66. The number of aromatic amines is 1. The number of non-ortho nitro benzene ring substituents is 1. The Balaban J connectivity index is 1.55. The van der Waals surface area contributed by atoms with E-state index in [0.29, 0.717) is 21.9 Å². The van der Waals surface area contributed by atoms with Gasteiger partial charge in [-0.25, -0.2) is 0 Å². The van der Waals surface area contributed by atoms with Crippen molar-refractivity contribution in [2.45, 2.75) is 22.6 Å². The predicted octanol–water partition coefficient (Wildman–Crippen LogP) is 2.24. The van der Waals surface area contributed by atoms with Crippen LogP contribution in [0.15, 0.2) is 28.0 Å². The van der Waals surface area contributed by atoms with Gasteiger partial charge in [0.05, 0.1) is 21.8 Å². The number of nitrogens with zero attached hydrogens (tertiary/aromatic N) is 1. The van der Waals surface area contributed by atoms with Crippen LogP contribution < -0.4 is 4.87 Å². The maximum Gasteiger partial charge on any atom is 0.317 e. The molecule has 3 heterocycles. The number of carbonyl (C=O) groups excluding carboxylic acids is 2. The van der Waals surface area contributed by atoms with E-state index in [4.69, 9.17) is 4.74 Å². The van der Waals surface area contributed by atoms with Crippen molar-refractivity contribution >= 4 is 40.7 Å². The topological polar surface area (TPSA) is 140 Å². The van der Waals surface area contributed by atoms with Crippen LogP contribution in [0.1, 0.15) is 22.8 Å². The number of nitrogens with one attached hydrogen (secondary N) is 1. The lowest BCUT2D eigenvalue weighted by Crippen LogP contribution is -2.42. The zero-order valence-electron chi connectivity index (χ0n) is 15.1. The summed E-state index contributed by atoms with van der Waals surface area (Å²) >= 11 is 2.52. The highest BCUT2D eigenvalue weighted by atomic mass is 32.2. The summed E-state index contributed by atoms with van der Waals surface area (Å²) in [6, 6.07) is 3.88. The van der Waals surface area contributed by atoms with E-state index in [1.165, 1.54) is 30.0 Å². The predicted molar refractivity (Wildman–Crippen MR) is 104 cm³/mol. The number of cyclic esters (lactones) is 2. The van der Waals surface area contributed by atoms with Gasteiger partial charge in [0, 0.05) is 33.7 Å². The van der Waals surface area contributed by atoms with E-state index in [0.717, 1.165) is 11.3 Å². The van der Waals surface area contributed by atoms with Gasteiger partial charge in [0.15, 0.2) is 0 Å². The van der Waals surface area contributed by atoms with Crippen LogP contribution in [0.4, 0.5) is 5.69 Å². The first-order chi connectivity index (χ1) is 14.3. The van der Waals surface area contributed by atoms with E-state index in [1.54, 1.807) is 0 Å². The van der Waals surface area contributed by atoms with E-state index >= 15 is 0 Å². The number of aromatic nitrogens is 1. The van der Waals surface area contributed by atoms with Crippen LogP contribution in [0.5, 0.6) is 5.75 Å². The fourth-order valence-electron chi connectivity index (χ4n) is 6.07. The average Bonchev–Trinajstić information content (AvgIpc) is 3.41. The molecule has 1 aromatic heterocycles. The molecule has 2 aliphatic heterocycles. The number of hydrogen-bond donors (Lipinski definition) is 2. The SMILES string of the molecule is O=C1OC(=O)[C@@H]2[C@H]3C[C@H]([C@@H]12)[C@@H]1[C@H](c2cc([N+](=O)[O-])ccc2O)c2sc(=O)[nH]c2S[C@H]31. The lowest BCUT2D eigenvalue weighted by molar-refractivity contribution is -0.385. The number of phenolic OH excluding ortho intramolecular Hbond substituents is 1. The number of thioether (sulfide) groups is 1. The molecular formula is C19H14N2O7S2. The van der Waals surface area contributed by atoms with Crippen molar-refractivity contribution in [3.8, 4) is 5.75 Å². The van der Waals surface area contributed by atoms with Crippen molar-refractivity contribution in [2.24, 2.45) is 29.6 Å². The van der Waals surface area contributed by atoms with E-state index in [1.807, 2.05) is 0 Å². The minimum Gasteiger partial charge on any atom is -0.508 e. The molecule has 2 N–H and O–H groups in total. The first-order valence-electron chi connectivity index (χ1n) is 9.47. The number of carbonyl (C=O) groups is 2. The standard InChI is InChI=1S/C19H14N2O7S2/c22-9-2-1-5(21(26)27)3-6(9)10-11-7-4-8(13-12(7)17(23)28-18(13)24)14(11)29-16-15(10)30-19(25)20-16/h1-3,7-8,10-14,22H,4H2,(H,20,25)/t7-,8+,10-,11+,12+,13+,14+/m0/s1. The second-order valence-corrected chi connectivity index (χ2v) is 10.4. The quantitative estimate of drug-likeness (QED) is 0.310. The van der Waals surface area contributed by atoms with Crippen LogP contribution >= 0.6 is 23.1 Å². The van der Waals surface area contributed by atoms with Crippen molar-refractivity contribution in [3.63, 3.8) is 0 Å². The summed E-state index contributed by atoms with van der Waals surface area (Å²) in [5.74, 6) is -2.91. The zero-order valence-corrected chi connectivity index (χ0v) is 16.8. The summed E-state index contributed by atoms with van der Waals surface area (Å²) < 4.78 is 4.93. The van der Waals surface area contributed by atoms with Crippen LogP contribution in [0, 0.1) is 39.7 Å². The molecule has 2 saturated carbocycles. The number of thiazole rings is 1. The van der Waals surface area contributed by atoms with Crippen molar-refractivity contribution in [2.75, 3.05) is 0 Å². The molecule has 11 heteroatoms. The van der Waals surface area contributed by atoms with Gasteiger partial charge in [-0.2, -0.15) is 0 Å². The highest BCUT2D eigenvalue weighted by Gasteiger charge is 2.69. The summed E-state index contributed by atoms with van der Waals surface area (Å²) in [6.45, 7) is 0. The Labute approximate surface area is 176 Å². The number of aromatic hydroxyl groups is 1. The number of hydrogen-bond acceptors (Lipinski definition) is 9. The van der Waals surface area contributed by atoms with Crippen LogP contribution in [-0.4, -0.2) is 32.2 Å². The molecule has 9 nitrogen and oxygen atoms in total. The van der Waals surface area contributed by atoms with Gasteiger partial charge in [0.1, 0.15) is 5.75 Å². The second-order valence-electron chi connectivity index (χ2n) is 8.20. The Morgan fingerprint density at radius 2 is 1.90 bits per heavy atom. The molecule has 0 unspecified atom stereocenters. The summed E-state index contributed by atoms with van der Waals surface area (Å²) in [5.41, 5.74) is 0.219. The Morgan fingerprint density at radius 3 is 2.63 bits per heavy atom. The number of phenols is 1. The minimum atomic E-state index is -0.525. The molecule has 2 aliphatic carbocycles. The number of rotatable bonds is 2. The monoisotopic (exact) mass is 446 g/mol. The maximum atomic E-state index is 12.4. The van der Waals surface area contributed by atoms with Gasteiger partial charge >= 0.3 is 16.8 Å². The average molecular weight is 446 g/mol. The van der Waals surface area contributed by atoms with E-state index in [9.17, 15) is 29.6 Å². The molecule has 0 radical (unpaired) electrons. The number of nitro benzene ring substituents is 1. The van der Waals surface area contributed by atoms with Crippen molar-refractivity contribution in [1.82, 2.24) is 4.98 Å². The third-order valence-corrected chi connectivity index (χ3v) is 9.60. The number of H-pyrrole nitrogens is 1. The van der Waals surface area contributed by atoms with Crippen LogP contribution in [0.25, 0.3) is 0 Å². The van der Waals surface area contributed by atoms with Gasteiger partial charge in [0.25, 0.3) is 5.69 Å². The normalized spacial score (nSPS) is 35.7. The van der Waals surface area contributed by atoms with Gasteiger partial charge in [-0.05, 0) is 30.2 Å². The Bertz CT molecular complexity index is 1200. The van der Waals surface area contributed by atoms with Crippen molar-refractivity contribution in [1.29, 1.82) is 0 Å². The minimum absolute atomic E-state index is 0.0592. The maximum absolute atomic E-state index is 12.4. The van der Waals surface area contributed by atoms with Gasteiger partial charge in [0.2, 0.25) is 0 Å². The molecule has 2 bridgehead atoms. The largest absolute Gasteiger partial charge is 0.508 e. The number of esters is 2. The second kappa shape index (κ2) is 5.94. The van der Waals surface area contributed by atoms with Crippen LogP contribution in [0.3, 0.4) is 0 Å². The Morgan fingerprint density at radius 1 is 1.17 bits per heavy atom. The smallest absolute Gasteiger partial charge is 0.317 e. The van der Waals surface area contributed by atoms with E-state index < -0.39 is 34.6 Å². The summed E-state index contributed by atoms with van der Waals surface area (Å²) in [7, 11) is 0. The molecule has 30 heavy (non-hydrogen) atoms. The molecule has 3 fully saturated rings. The lowest BCUT2D eigenvalue weighted by Gasteiger charge is -2.42. The third kappa shape index (κ3) is 2.21. The molecule has 0 spiro atoms. The Kier molecular flexibility index (Phi) is 3.59. The molecule has 0 amide bonds. The highest BCUT2D eigenvalue weighted by Crippen LogP contribution is 2.68. The summed E-state index contributed by atoms with van der Waals surface area (Å²) in [6.07, 6.45) is 0.684. The number of benzene rings is 1. The molecule has 6 rings (SSSR count). The highest BCUT2D eigenvalue weighted by molar-refractivity contribution is 8.00. The first kappa shape index (κ1) is 18.1. The molecule has 2 aromatic rings. The number of ether oxygens (including phenoxy) is 1. The molecule has 1 saturated heterocycles. The van der Waals surface area contributed by atoms with Gasteiger partial charge in [-0.1, -0.05) is 11.3 Å². The lowest BCUT2D eigenvalue weighted by atomic mass is 9.68. The molecule has 7 atom stereocenters. The molecule has 4 aliphatic rings. The molecular weight excluding hydrogens is 432 g/mol. The van der Waals surface area contributed by atoms with Crippen LogP contribution in [0.2, 0.25) is 0 Å². The van der Waals surface area contributed by atoms with Gasteiger partial charge in [-0.3, -0.25) is 24.5 Å². The molecule has 1 aromatic carbocycles. The zero-order chi connectivity index (χ0) is 20.9. The van der Waals surface area contributed by atoms with E-state index in [2.05, 4.69) is 4.98 Å². The van der Waals surface area contributed by atoms with Crippen molar-refractivity contribution < 1.29 is 24.4 Å². The fraction of sp³-hybridized carbons (Fsp3) is 0.421. The van der Waals surface area contributed by atoms with Gasteiger partial charge in [-0.15, -0.1) is 11.8 Å². The fourth-order valence-corrected chi connectivity index (χ4v) is 8.95. The number of fused-ring (bicyclic) bond motifs is 9. The number of nitro groups is 1. The van der Waals surface area contributed by atoms with E-state index in [-0.39, 0.29) is 39.3 Å². The summed E-state index contributed by atoms with van der Waals surface area (Å²) in [5, 5.41) is 22.6. The van der Waals surface area contributed by atoms with Crippen LogP contribution in [-0.2, 0) is 14.3 Å². The summed E-state index contributed by atoms with van der Waals surface area (Å²) in [4.78, 5) is 50.9. The van der Waals surface area contributed by atoms with Crippen molar-refractivity contribution in [3.05, 3.63) is 48.4 Å². The van der Waals surface area contributed by atoms with Gasteiger partial charge < -0.3 is 14.8 Å². The molecule has 154 valence electrons. The third-order valence-electron chi connectivity index (χ3n) is 7.02.